The fraction of sp³-hybridized carbons (Fsp3) is 0.182. The predicted octanol–water partition coefficient (Wildman–Crippen LogP) is 6.00. The van der Waals surface area contributed by atoms with E-state index in [9.17, 15) is 4.57 Å². The number of methoxy groups -OCH3 is 2. The number of rotatable bonds is 8. The summed E-state index contributed by atoms with van der Waals surface area (Å²) >= 11 is 0. The van der Waals surface area contributed by atoms with Gasteiger partial charge in [0.05, 0.1) is 19.9 Å². The lowest BCUT2D eigenvalue weighted by Gasteiger charge is -2.22. The van der Waals surface area contributed by atoms with Crippen LogP contribution >= 0.6 is 7.75 Å². The number of hydrogen-bond donors (Lipinski definition) is 1. The van der Waals surface area contributed by atoms with Crippen LogP contribution in [0.5, 0.6) is 23.0 Å². The molecule has 0 aliphatic carbocycles. The highest BCUT2D eigenvalue weighted by Gasteiger charge is 2.30. The van der Waals surface area contributed by atoms with Gasteiger partial charge in [-0.05, 0) is 50.2 Å². The van der Waals surface area contributed by atoms with Gasteiger partial charge in [-0.2, -0.15) is 0 Å². The topological polar surface area (TPSA) is 66.0 Å². The van der Waals surface area contributed by atoms with Crippen molar-refractivity contribution in [3.05, 3.63) is 77.9 Å². The first-order chi connectivity index (χ1) is 13.9. The summed E-state index contributed by atoms with van der Waals surface area (Å²) in [6, 6.07) is 19.6. The largest absolute Gasteiger partial charge is 0.541 e. The molecule has 0 amide bonds. The summed E-state index contributed by atoms with van der Waals surface area (Å²) in [5.74, 6) is 1.89. The van der Waals surface area contributed by atoms with Crippen LogP contribution in [0, 0.1) is 13.8 Å². The Balaban J connectivity index is 1.96. The molecule has 0 aliphatic rings. The van der Waals surface area contributed by atoms with Crippen LogP contribution in [-0.4, -0.2) is 14.2 Å². The second-order valence-corrected chi connectivity index (χ2v) is 8.07. The van der Waals surface area contributed by atoms with Gasteiger partial charge in [-0.15, -0.1) is 0 Å². The molecule has 1 N–H and O–H groups in total. The highest BCUT2D eigenvalue weighted by atomic mass is 31.2. The van der Waals surface area contributed by atoms with E-state index in [0.29, 0.717) is 28.7 Å². The zero-order chi connectivity index (χ0) is 20.9. The quantitative estimate of drug-likeness (QED) is 0.457. The van der Waals surface area contributed by atoms with Crippen molar-refractivity contribution in [1.82, 2.24) is 0 Å². The van der Waals surface area contributed by atoms with Crippen LogP contribution in [0.25, 0.3) is 0 Å². The molecule has 0 bridgehead atoms. The first-order valence-corrected chi connectivity index (χ1v) is 10.6. The molecule has 0 aromatic heterocycles. The van der Waals surface area contributed by atoms with Crippen LogP contribution in [0.2, 0.25) is 0 Å². The molecular formula is C22H24NO5P. The second kappa shape index (κ2) is 8.93. The molecule has 0 unspecified atom stereocenters. The Bertz CT molecular complexity index is 951. The SMILES string of the molecule is COc1ccc(OC)c(NP(=O)(Oc2ccc(C)cc2)Oc2ccc(C)cc2)c1. The number of anilines is 1. The summed E-state index contributed by atoms with van der Waals surface area (Å²) in [6.07, 6.45) is 0. The smallest absolute Gasteiger partial charge is 0.497 e. The normalized spacial score (nSPS) is 10.9. The highest BCUT2D eigenvalue weighted by molar-refractivity contribution is 7.56. The van der Waals surface area contributed by atoms with Gasteiger partial charge in [0.25, 0.3) is 0 Å². The lowest BCUT2D eigenvalue weighted by atomic mass is 10.2. The minimum absolute atomic E-state index is 0.417. The number of nitrogens with one attached hydrogen (secondary N) is 1. The highest BCUT2D eigenvalue weighted by Crippen LogP contribution is 2.50. The van der Waals surface area contributed by atoms with Crippen molar-refractivity contribution in [3.63, 3.8) is 0 Å². The first kappa shape index (κ1) is 20.6. The van der Waals surface area contributed by atoms with E-state index in [0.717, 1.165) is 11.1 Å². The van der Waals surface area contributed by atoms with Crippen molar-refractivity contribution < 1.29 is 23.1 Å². The Hall–Kier alpha value is -3.11. The molecule has 0 radical (unpaired) electrons. The van der Waals surface area contributed by atoms with Crippen LogP contribution in [0.3, 0.4) is 0 Å². The molecule has 0 heterocycles. The third kappa shape index (κ3) is 5.46. The molecule has 7 heteroatoms. The number of ether oxygens (including phenoxy) is 2. The maximum Gasteiger partial charge on any atom is 0.541 e. The molecule has 152 valence electrons. The van der Waals surface area contributed by atoms with Crippen LogP contribution in [-0.2, 0) is 4.57 Å². The third-order valence-corrected chi connectivity index (χ3v) is 5.57. The maximum absolute atomic E-state index is 13.7. The zero-order valence-corrected chi connectivity index (χ0v) is 17.7. The van der Waals surface area contributed by atoms with Crippen molar-refractivity contribution in [2.24, 2.45) is 0 Å². The standard InChI is InChI=1S/C22H24NO5P/c1-16-5-9-18(10-6-16)27-29(24,28-19-11-7-17(2)8-12-19)23-21-15-20(25-3)13-14-22(21)26-4/h5-15H,1-4H3,(H,23,24). The van der Waals surface area contributed by atoms with Crippen molar-refractivity contribution in [1.29, 1.82) is 0 Å². The van der Waals surface area contributed by atoms with E-state index in [-0.39, 0.29) is 0 Å². The van der Waals surface area contributed by atoms with Gasteiger partial charge in [0, 0.05) is 6.07 Å². The average molecular weight is 413 g/mol. The molecule has 0 aliphatic heterocycles. The van der Waals surface area contributed by atoms with E-state index < -0.39 is 7.75 Å². The van der Waals surface area contributed by atoms with Gasteiger partial charge in [0.2, 0.25) is 0 Å². The number of benzene rings is 3. The molecule has 29 heavy (non-hydrogen) atoms. The van der Waals surface area contributed by atoms with Gasteiger partial charge in [-0.1, -0.05) is 35.4 Å². The van der Waals surface area contributed by atoms with Crippen LogP contribution < -0.4 is 23.6 Å². The number of hydrogen-bond acceptors (Lipinski definition) is 5. The summed E-state index contributed by atoms with van der Waals surface area (Å²) < 4.78 is 35.9. The van der Waals surface area contributed by atoms with Gasteiger partial charge in [0.1, 0.15) is 23.0 Å². The van der Waals surface area contributed by atoms with E-state index in [1.807, 2.05) is 38.1 Å². The minimum Gasteiger partial charge on any atom is -0.497 e. The van der Waals surface area contributed by atoms with E-state index in [1.54, 1.807) is 49.6 Å². The van der Waals surface area contributed by atoms with Gasteiger partial charge < -0.3 is 18.5 Å². The fourth-order valence-electron chi connectivity index (χ4n) is 2.59. The summed E-state index contributed by atoms with van der Waals surface area (Å²) in [5, 5.41) is 2.88. The van der Waals surface area contributed by atoms with E-state index >= 15 is 0 Å². The van der Waals surface area contributed by atoms with E-state index in [2.05, 4.69) is 5.09 Å². The fourth-order valence-corrected chi connectivity index (χ4v) is 3.99. The van der Waals surface area contributed by atoms with Crippen LogP contribution in [0.1, 0.15) is 11.1 Å². The lowest BCUT2D eigenvalue weighted by molar-refractivity contribution is 0.389. The van der Waals surface area contributed by atoms with Crippen LogP contribution in [0.15, 0.2) is 66.7 Å². The molecule has 3 rings (SSSR count). The predicted molar refractivity (Wildman–Crippen MR) is 114 cm³/mol. The summed E-state index contributed by atoms with van der Waals surface area (Å²) in [6.45, 7) is 3.93. The van der Waals surface area contributed by atoms with Crippen molar-refractivity contribution in [2.45, 2.75) is 13.8 Å². The molecule has 0 fully saturated rings. The summed E-state index contributed by atoms with van der Waals surface area (Å²) in [7, 11) is -0.792. The summed E-state index contributed by atoms with van der Waals surface area (Å²) in [5.41, 5.74) is 2.55. The third-order valence-electron chi connectivity index (χ3n) is 4.16. The molecule has 0 saturated heterocycles. The molecule has 0 saturated carbocycles. The molecule has 0 spiro atoms. The second-order valence-electron chi connectivity index (χ2n) is 6.48. The molecule has 3 aromatic rings. The Labute approximate surface area is 171 Å². The molecular weight excluding hydrogens is 389 g/mol. The Kier molecular flexibility index (Phi) is 6.35. The first-order valence-electron chi connectivity index (χ1n) is 9.04. The van der Waals surface area contributed by atoms with Gasteiger partial charge in [0.15, 0.2) is 0 Å². The van der Waals surface area contributed by atoms with Gasteiger partial charge in [-0.25, -0.2) is 4.57 Å². The molecule has 0 atom stereocenters. The average Bonchev–Trinajstić information content (AvgIpc) is 2.71. The molecule has 3 aromatic carbocycles. The van der Waals surface area contributed by atoms with Crippen molar-refractivity contribution in [2.75, 3.05) is 19.3 Å². The lowest BCUT2D eigenvalue weighted by Crippen LogP contribution is -2.10. The number of aryl methyl sites for hydroxylation is 2. The summed E-state index contributed by atoms with van der Waals surface area (Å²) in [4.78, 5) is 0. The van der Waals surface area contributed by atoms with Gasteiger partial charge in [-0.3, -0.25) is 5.09 Å². The maximum atomic E-state index is 13.7. The van der Waals surface area contributed by atoms with Gasteiger partial charge >= 0.3 is 7.75 Å². The monoisotopic (exact) mass is 413 g/mol. The van der Waals surface area contributed by atoms with Crippen molar-refractivity contribution in [3.8, 4) is 23.0 Å². The van der Waals surface area contributed by atoms with Crippen molar-refractivity contribution >= 4 is 13.4 Å². The van der Waals surface area contributed by atoms with Crippen LogP contribution in [0.4, 0.5) is 5.69 Å². The van der Waals surface area contributed by atoms with E-state index in [4.69, 9.17) is 18.5 Å². The Morgan fingerprint density at radius 2 is 1.17 bits per heavy atom. The Morgan fingerprint density at radius 3 is 1.62 bits per heavy atom. The molecule has 6 nitrogen and oxygen atoms in total. The zero-order valence-electron chi connectivity index (χ0n) is 16.8. The Morgan fingerprint density at radius 1 is 0.690 bits per heavy atom. The minimum atomic E-state index is -3.87. The van der Waals surface area contributed by atoms with E-state index in [1.165, 1.54) is 7.11 Å².